The quantitative estimate of drug-likeness (QED) is 0.810. The van der Waals surface area contributed by atoms with Gasteiger partial charge in [0.1, 0.15) is 5.60 Å². The molecule has 4 nitrogen and oxygen atoms in total. The summed E-state index contributed by atoms with van der Waals surface area (Å²) in [4.78, 5) is 14.0. The summed E-state index contributed by atoms with van der Waals surface area (Å²) in [5, 5.41) is 3.55. The Balaban J connectivity index is 2.87. The zero-order valence-corrected chi connectivity index (χ0v) is 15.6. The van der Waals surface area contributed by atoms with Crippen LogP contribution in [0.4, 0.5) is 10.5 Å². The molecule has 0 aliphatic carbocycles. The highest BCUT2D eigenvalue weighted by molar-refractivity contribution is 5.68. The third kappa shape index (κ3) is 6.51. The Bertz CT molecular complexity index is 506. The fourth-order valence-electron chi connectivity index (χ4n) is 2.05. The van der Waals surface area contributed by atoms with E-state index in [1.807, 2.05) is 39.8 Å². The van der Waals surface area contributed by atoms with Gasteiger partial charge in [-0.2, -0.15) is 0 Å². The van der Waals surface area contributed by atoms with Gasteiger partial charge >= 0.3 is 6.09 Å². The van der Waals surface area contributed by atoms with Crippen LogP contribution in [0.5, 0.6) is 0 Å². The summed E-state index contributed by atoms with van der Waals surface area (Å²) in [6.07, 6.45) is -0.272. The van der Waals surface area contributed by atoms with Crippen molar-refractivity contribution in [1.29, 1.82) is 0 Å². The second-order valence-corrected chi connectivity index (χ2v) is 7.33. The molecule has 0 aliphatic rings. The van der Waals surface area contributed by atoms with E-state index in [1.165, 1.54) is 0 Å². The van der Waals surface area contributed by atoms with Gasteiger partial charge in [-0.25, -0.2) is 4.79 Å². The Morgan fingerprint density at radius 3 is 2.35 bits per heavy atom. The van der Waals surface area contributed by atoms with Gasteiger partial charge in [0.25, 0.3) is 0 Å². The molecule has 23 heavy (non-hydrogen) atoms. The lowest BCUT2D eigenvalue weighted by molar-refractivity contribution is 0.0245. The zero-order chi connectivity index (χ0) is 17.6. The van der Waals surface area contributed by atoms with Gasteiger partial charge in [-0.1, -0.05) is 32.0 Å². The van der Waals surface area contributed by atoms with Crippen LogP contribution in [0.1, 0.15) is 54.0 Å². The zero-order valence-electron chi connectivity index (χ0n) is 15.6. The fraction of sp³-hybridized carbons (Fsp3) is 0.632. The molecular formula is C19H32N2O2. The standard InChI is InChI=1S/C19H32N2O2/c1-8-21(18(22)23-19(5,6)7)13-16-11-9-10-12-17(16)20-15(4)14(2)3/h9-12,14-15,20H,8,13H2,1-7H3. The van der Waals surface area contributed by atoms with Crippen LogP contribution >= 0.6 is 0 Å². The van der Waals surface area contributed by atoms with Crippen molar-refractivity contribution in [3.8, 4) is 0 Å². The highest BCUT2D eigenvalue weighted by atomic mass is 16.6. The van der Waals surface area contributed by atoms with Crippen LogP contribution in [-0.4, -0.2) is 29.2 Å². The lowest BCUT2D eigenvalue weighted by atomic mass is 10.0. The van der Waals surface area contributed by atoms with Crippen LogP contribution in [0, 0.1) is 5.92 Å². The van der Waals surface area contributed by atoms with E-state index in [0.29, 0.717) is 25.0 Å². The number of anilines is 1. The molecule has 0 saturated heterocycles. The van der Waals surface area contributed by atoms with Crippen molar-refractivity contribution in [2.75, 3.05) is 11.9 Å². The number of hydrogen-bond acceptors (Lipinski definition) is 3. The number of ether oxygens (including phenoxy) is 1. The van der Waals surface area contributed by atoms with Gasteiger partial charge in [0.15, 0.2) is 0 Å². The van der Waals surface area contributed by atoms with Gasteiger partial charge in [-0.05, 0) is 52.2 Å². The summed E-state index contributed by atoms with van der Waals surface area (Å²) < 4.78 is 5.49. The predicted octanol–water partition coefficient (Wildman–Crippen LogP) is 4.90. The minimum atomic E-state index is -0.478. The van der Waals surface area contributed by atoms with E-state index in [4.69, 9.17) is 4.74 Å². The summed E-state index contributed by atoms with van der Waals surface area (Å²) in [5.74, 6) is 0.538. The molecule has 1 N–H and O–H groups in total. The lowest BCUT2D eigenvalue weighted by Gasteiger charge is -2.28. The largest absolute Gasteiger partial charge is 0.444 e. The first-order valence-electron chi connectivity index (χ1n) is 8.46. The average molecular weight is 320 g/mol. The topological polar surface area (TPSA) is 41.6 Å². The Labute approximate surface area is 141 Å². The molecule has 0 saturated carbocycles. The summed E-state index contributed by atoms with van der Waals surface area (Å²) in [6, 6.07) is 8.51. The van der Waals surface area contributed by atoms with Crippen LogP contribution < -0.4 is 5.32 Å². The molecule has 0 aliphatic heterocycles. The van der Waals surface area contributed by atoms with Crippen molar-refractivity contribution in [1.82, 2.24) is 4.90 Å². The molecule has 1 unspecified atom stereocenters. The van der Waals surface area contributed by atoms with E-state index < -0.39 is 5.60 Å². The van der Waals surface area contributed by atoms with Crippen molar-refractivity contribution in [2.24, 2.45) is 5.92 Å². The highest BCUT2D eigenvalue weighted by Crippen LogP contribution is 2.21. The van der Waals surface area contributed by atoms with Crippen molar-refractivity contribution < 1.29 is 9.53 Å². The molecule has 0 aromatic heterocycles. The first kappa shape index (κ1) is 19.3. The van der Waals surface area contributed by atoms with Gasteiger partial charge in [0, 0.05) is 18.3 Å². The van der Waals surface area contributed by atoms with E-state index in [1.54, 1.807) is 4.90 Å². The van der Waals surface area contributed by atoms with E-state index >= 15 is 0 Å². The summed E-state index contributed by atoms with van der Waals surface area (Å²) in [6.45, 7) is 15.3. The number of benzene rings is 1. The third-order valence-corrected chi connectivity index (χ3v) is 3.80. The Morgan fingerprint density at radius 1 is 1.22 bits per heavy atom. The molecule has 0 radical (unpaired) electrons. The highest BCUT2D eigenvalue weighted by Gasteiger charge is 2.22. The smallest absolute Gasteiger partial charge is 0.410 e. The second kappa shape index (κ2) is 8.23. The predicted molar refractivity (Wildman–Crippen MR) is 96.7 cm³/mol. The molecule has 4 heteroatoms. The molecule has 1 aromatic carbocycles. The van der Waals surface area contributed by atoms with Crippen molar-refractivity contribution >= 4 is 11.8 Å². The summed E-state index contributed by atoms with van der Waals surface area (Å²) in [5.41, 5.74) is 1.71. The Hall–Kier alpha value is -1.71. The van der Waals surface area contributed by atoms with E-state index in [-0.39, 0.29) is 6.09 Å². The van der Waals surface area contributed by atoms with E-state index in [0.717, 1.165) is 11.3 Å². The minimum Gasteiger partial charge on any atom is -0.444 e. The number of hydrogen-bond donors (Lipinski definition) is 1. The third-order valence-electron chi connectivity index (χ3n) is 3.80. The maximum atomic E-state index is 12.3. The molecule has 130 valence electrons. The second-order valence-electron chi connectivity index (χ2n) is 7.33. The van der Waals surface area contributed by atoms with Gasteiger partial charge in [-0.3, -0.25) is 0 Å². The van der Waals surface area contributed by atoms with Gasteiger partial charge < -0.3 is 15.0 Å². The van der Waals surface area contributed by atoms with Crippen molar-refractivity contribution in [3.63, 3.8) is 0 Å². The molecule has 0 heterocycles. The summed E-state index contributed by atoms with van der Waals surface area (Å²) in [7, 11) is 0. The van der Waals surface area contributed by atoms with Crippen LogP contribution in [-0.2, 0) is 11.3 Å². The Kier molecular flexibility index (Phi) is 6.92. The fourth-order valence-corrected chi connectivity index (χ4v) is 2.05. The van der Waals surface area contributed by atoms with Crippen LogP contribution in [0.2, 0.25) is 0 Å². The van der Waals surface area contributed by atoms with E-state index in [9.17, 15) is 4.79 Å². The molecule has 1 amide bonds. The maximum absolute atomic E-state index is 12.3. The molecule has 0 bridgehead atoms. The number of carbonyl (C=O) groups is 1. The first-order chi connectivity index (χ1) is 10.6. The number of rotatable bonds is 6. The lowest BCUT2D eigenvalue weighted by Crippen LogP contribution is -2.36. The number of nitrogens with one attached hydrogen (secondary N) is 1. The normalized spacial score (nSPS) is 12.9. The number of amides is 1. The molecule has 0 spiro atoms. The molecule has 1 aromatic rings. The average Bonchev–Trinajstić information content (AvgIpc) is 2.44. The van der Waals surface area contributed by atoms with Crippen LogP contribution in [0.25, 0.3) is 0 Å². The van der Waals surface area contributed by atoms with Gasteiger partial charge in [0.2, 0.25) is 0 Å². The molecule has 1 rings (SSSR count). The van der Waals surface area contributed by atoms with Crippen molar-refractivity contribution in [3.05, 3.63) is 29.8 Å². The summed E-state index contributed by atoms with van der Waals surface area (Å²) >= 11 is 0. The first-order valence-corrected chi connectivity index (χ1v) is 8.46. The number of nitrogens with zero attached hydrogens (tertiary/aromatic N) is 1. The van der Waals surface area contributed by atoms with E-state index in [2.05, 4.69) is 38.2 Å². The Morgan fingerprint density at radius 2 is 1.83 bits per heavy atom. The van der Waals surface area contributed by atoms with Crippen LogP contribution in [0.15, 0.2) is 24.3 Å². The van der Waals surface area contributed by atoms with Crippen LogP contribution in [0.3, 0.4) is 0 Å². The minimum absolute atomic E-state index is 0.272. The maximum Gasteiger partial charge on any atom is 0.410 e. The molecule has 0 fully saturated rings. The monoisotopic (exact) mass is 320 g/mol. The van der Waals surface area contributed by atoms with Gasteiger partial charge in [0.05, 0.1) is 6.54 Å². The number of para-hydroxylation sites is 1. The SMILES string of the molecule is CCN(Cc1ccccc1NC(C)C(C)C)C(=O)OC(C)(C)C. The van der Waals surface area contributed by atoms with Gasteiger partial charge in [-0.15, -0.1) is 0 Å². The molecular weight excluding hydrogens is 288 g/mol. The van der Waals surface area contributed by atoms with Crippen molar-refractivity contribution in [2.45, 2.75) is 66.7 Å². The molecule has 1 atom stereocenters. The number of carbonyl (C=O) groups excluding carboxylic acids is 1.